The molecule has 0 spiro atoms. The van der Waals surface area contributed by atoms with E-state index < -0.39 is 6.61 Å². The SMILES string of the molecule is CCn1cc(CNc2cc(Cl)cc(Br)c2OC(F)F)cn1. The zero-order valence-electron chi connectivity index (χ0n) is 11.1. The number of rotatable bonds is 6. The monoisotopic (exact) mass is 379 g/mol. The first-order valence-corrected chi connectivity index (χ1v) is 7.35. The van der Waals surface area contributed by atoms with Gasteiger partial charge in [-0.25, -0.2) is 0 Å². The third kappa shape index (κ3) is 4.31. The summed E-state index contributed by atoms with van der Waals surface area (Å²) >= 11 is 9.11. The van der Waals surface area contributed by atoms with Crippen molar-refractivity contribution in [3.8, 4) is 5.75 Å². The number of halogens is 4. The Bertz CT molecular complexity index is 621. The van der Waals surface area contributed by atoms with Gasteiger partial charge in [-0.2, -0.15) is 13.9 Å². The fourth-order valence-corrected chi connectivity index (χ4v) is 2.67. The quantitative estimate of drug-likeness (QED) is 0.800. The average Bonchev–Trinajstić information content (AvgIpc) is 2.87. The maximum atomic E-state index is 12.5. The first-order chi connectivity index (χ1) is 9.99. The van der Waals surface area contributed by atoms with Crippen LogP contribution >= 0.6 is 27.5 Å². The van der Waals surface area contributed by atoms with Crippen molar-refractivity contribution in [3.05, 3.63) is 39.6 Å². The first kappa shape index (κ1) is 16.0. The summed E-state index contributed by atoms with van der Waals surface area (Å²) in [6.07, 6.45) is 3.59. The van der Waals surface area contributed by atoms with Crippen LogP contribution in [-0.2, 0) is 13.1 Å². The Labute approximate surface area is 134 Å². The Balaban J connectivity index is 2.17. The Morgan fingerprint density at radius 2 is 2.24 bits per heavy atom. The minimum Gasteiger partial charge on any atom is -0.431 e. The molecule has 2 rings (SSSR count). The predicted octanol–water partition coefficient (Wildman–Crippen LogP) is 4.53. The van der Waals surface area contributed by atoms with E-state index in [1.807, 2.05) is 13.1 Å². The fourth-order valence-electron chi connectivity index (χ4n) is 1.77. The molecule has 2 aromatic rings. The number of alkyl halides is 2. The van der Waals surface area contributed by atoms with Crippen LogP contribution < -0.4 is 10.1 Å². The second kappa shape index (κ2) is 7.09. The molecule has 0 radical (unpaired) electrons. The summed E-state index contributed by atoms with van der Waals surface area (Å²) in [6.45, 7) is 0.257. The molecule has 1 aromatic carbocycles. The molecule has 8 heteroatoms. The molecule has 0 bridgehead atoms. The van der Waals surface area contributed by atoms with Gasteiger partial charge in [0.2, 0.25) is 0 Å². The third-order valence-corrected chi connectivity index (χ3v) is 3.52. The summed E-state index contributed by atoms with van der Waals surface area (Å²) in [5, 5.41) is 7.58. The maximum absolute atomic E-state index is 12.5. The Kier molecular flexibility index (Phi) is 5.41. The summed E-state index contributed by atoms with van der Waals surface area (Å²) in [5.74, 6) is 0.0253. The molecule has 0 fully saturated rings. The van der Waals surface area contributed by atoms with Crippen LogP contribution in [0.15, 0.2) is 29.0 Å². The van der Waals surface area contributed by atoms with Crippen LogP contribution in [0.25, 0.3) is 0 Å². The van der Waals surface area contributed by atoms with Crippen molar-refractivity contribution in [2.45, 2.75) is 26.6 Å². The molecule has 1 N–H and O–H groups in total. The lowest BCUT2D eigenvalue weighted by Crippen LogP contribution is -2.07. The van der Waals surface area contributed by atoms with Gasteiger partial charge in [0.05, 0.1) is 16.4 Å². The molecule has 0 atom stereocenters. The minimum absolute atomic E-state index is 0.0253. The molecule has 0 unspecified atom stereocenters. The Hall–Kier alpha value is -1.34. The third-order valence-electron chi connectivity index (χ3n) is 2.71. The average molecular weight is 381 g/mol. The molecule has 114 valence electrons. The van der Waals surface area contributed by atoms with Crippen molar-refractivity contribution in [1.82, 2.24) is 9.78 Å². The number of nitrogens with zero attached hydrogens (tertiary/aromatic N) is 2. The van der Waals surface area contributed by atoms with Crippen LogP contribution in [0.2, 0.25) is 5.02 Å². The van der Waals surface area contributed by atoms with Crippen molar-refractivity contribution in [1.29, 1.82) is 0 Å². The lowest BCUT2D eigenvalue weighted by atomic mass is 10.2. The van der Waals surface area contributed by atoms with Crippen molar-refractivity contribution in [2.24, 2.45) is 0 Å². The number of aryl methyl sites for hydroxylation is 1. The van der Waals surface area contributed by atoms with E-state index in [-0.39, 0.29) is 5.75 Å². The Morgan fingerprint density at radius 3 is 2.86 bits per heavy atom. The lowest BCUT2D eigenvalue weighted by Gasteiger charge is -2.14. The van der Waals surface area contributed by atoms with Crippen LogP contribution in [0, 0.1) is 0 Å². The van der Waals surface area contributed by atoms with E-state index in [1.165, 1.54) is 12.1 Å². The van der Waals surface area contributed by atoms with Gasteiger partial charge in [-0.05, 0) is 35.0 Å². The van der Waals surface area contributed by atoms with E-state index in [9.17, 15) is 8.78 Å². The number of hydrogen-bond donors (Lipinski definition) is 1. The van der Waals surface area contributed by atoms with Gasteiger partial charge in [-0.1, -0.05) is 11.6 Å². The van der Waals surface area contributed by atoms with Crippen molar-refractivity contribution >= 4 is 33.2 Å². The minimum atomic E-state index is -2.91. The molecular weight excluding hydrogens is 368 g/mol. The van der Waals surface area contributed by atoms with E-state index >= 15 is 0 Å². The Morgan fingerprint density at radius 1 is 1.48 bits per heavy atom. The van der Waals surface area contributed by atoms with Gasteiger partial charge in [0.1, 0.15) is 0 Å². The topological polar surface area (TPSA) is 39.1 Å². The van der Waals surface area contributed by atoms with Gasteiger partial charge in [0.25, 0.3) is 0 Å². The van der Waals surface area contributed by atoms with Gasteiger partial charge in [-0.15, -0.1) is 0 Å². The summed E-state index contributed by atoms with van der Waals surface area (Å²) < 4.78 is 31.6. The second-order valence-electron chi connectivity index (χ2n) is 4.20. The van der Waals surface area contributed by atoms with Crippen LogP contribution in [0.5, 0.6) is 5.75 Å². The summed E-state index contributed by atoms with van der Waals surface area (Å²) in [4.78, 5) is 0. The second-order valence-corrected chi connectivity index (χ2v) is 5.49. The summed E-state index contributed by atoms with van der Waals surface area (Å²) in [5.41, 5.74) is 1.31. The van der Waals surface area contributed by atoms with Gasteiger partial charge < -0.3 is 10.1 Å². The van der Waals surface area contributed by atoms with Crippen LogP contribution in [0.1, 0.15) is 12.5 Å². The highest BCUT2D eigenvalue weighted by molar-refractivity contribution is 9.10. The van der Waals surface area contributed by atoms with E-state index in [2.05, 4.69) is 31.1 Å². The van der Waals surface area contributed by atoms with Gasteiger partial charge in [0.15, 0.2) is 5.75 Å². The smallest absolute Gasteiger partial charge is 0.387 e. The van der Waals surface area contributed by atoms with Crippen LogP contribution in [0.3, 0.4) is 0 Å². The van der Waals surface area contributed by atoms with Crippen molar-refractivity contribution in [2.75, 3.05) is 5.32 Å². The number of hydrogen-bond acceptors (Lipinski definition) is 3. The molecule has 0 aliphatic heterocycles. The molecule has 21 heavy (non-hydrogen) atoms. The normalized spacial score (nSPS) is 11.0. The number of anilines is 1. The molecule has 1 heterocycles. The van der Waals surface area contributed by atoms with Crippen LogP contribution in [-0.4, -0.2) is 16.4 Å². The number of aromatic nitrogens is 2. The van der Waals surface area contributed by atoms with Crippen molar-refractivity contribution < 1.29 is 13.5 Å². The first-order valence-electron chi connectivity index (χ1n) is 6.18. The fraction of sp³-hybridized carbons (Fsp3) is 0.308. The zero-order valence-corrected chi connectivity index (χ0v) is 13.5. The molecule has 1 aromatic heterocycles. The van der Waals surface area contributed by atoms with E-state index in [4.69, 9.17) is 11.6 Å². The van der Waals surface area contributed by atoms with E-state index in [0.29, 0.717) is 21.7 Å². The standard InChI is InChI=1S/C13H13BrClF2N3O/c1-2-20-7-8(6-19-20)5-18-11-4-9(15)3-10(14)12(11)21-13(16)17/h3-4,6-7,13,18H,2,5H2,1H3. The molecule has 0 saturated carbocycles. The van der Waals surface area contributed by atoms with Crippen LogP contribution in [0.4, 0.5) is 14.5 Å². The largest absolute Gasteiger partial charge is 0.431 e. The highest BCUT2D eigenvalue weighted by atomic mass is 79.9. The lowest BCUT2D eigenvalue weighted by molar-refractivity contribution is -0.0498. The molecule has 0 amide bonds. The zero-order chi connectivity index (χ0) is 15.4. The predicted molar refractivity (Wildman–Crippen MR) is 81.0 cm³/mol. The molecule has 4 nitrogen and oxygen atoms in total. The number of nitrogens with one attached hydrogen (secondary N) is 1. The van der Waals surface area contributed by atoms with Gasteiger partial charge in [0, 0.05) is 29.9 Å². The molecular formula is C13H13BrClF2N3O. The molecule has 0 saturated heterocycles. The van der Waals surface area contributed by atoms with E-state index in [1.54, 1.807) is 10.9 Å². The summed E-state index contributed by atoms with van der Waals surface area (Å²) in [6, 6.07) is 3.04. The van der Waals surface area contributed by atoms with E-state index in [0.717, 1.165) is 12.1 Å². The van der Waals surface area contributed by atoms with Gasteiger partial charge in [-0.3, -0.25) is 4.68 Å². The summed E-state index contributed by atoms with van der Waals surface area (Å²) in [7, 11) is 0. The number of ether oxygens (including phenoxy) is 1. The van der Waals surface area contributed by atoms with Crippen molar-refractivity contribution in [3.63, 3.8) is 0 Å². The highest BCUT2D eigenvalue weighted by Gasteiger charge is 2.15. The number of benzene rings is 1. The molecule has 0 aliphatic rings. The highest BCUT2D eigenvalue weighted by Crippen LogP contribution is 2.37. The molecule has 0 aliphatic carbocycles. The van der Waals surface area contributed by atoms with Gasteiger partial charge >= 0.3 is 6.61 Å². The maximum Gasteiger partial charge on any atom is 0.387 e.